The number of carbonyl (C=O) groups is 1. The smallest absolute Gasteiger partial charge is 0.231 e. The SMILES string of the molecule is CC1CCCN(Cc2c(O)ccc3c2O/C(=C/c2ccc(N(C)C)cc2)C3=O)C1. The van der Waals surface area contributed by atoms with Crippen molar-refractivity contribution in [2.75, 3.05) is 32.1 Å². The van der Waals surface area contributed by atoms with Crippen molar-refractivity contribution in [1.29, 1.82) is 0 Å². The van der Waals surface area contributed by atoms with Gasteiger partial charge in [-0.15, -0.1) is 0 Å². The summed E-state index contributed by atoms with van der Waals surface area (Å²) in [5.74, 6) is 1.50. The molecule has 4 rings (SSSR count). The summed E-state index contributed by atoms with van der Waals surface area (Å²) in [5.41, 5.74) is 3.23. The van der Waals surface area contributed by atoms with Gasteiger partial charge in [-0.25, -0.2) is 0 Å². The van der Waals surface area contributed by atoms with Crippen molar-refractivity contribution in [3.63, 3.8) is 0 Å². The summed E-state index contributed by atoms with van der Waals surface area (Å²) in [6.45, 7) is 4.85. The molecule has 0 spiro atoms. The summed E-state index contributed by atoms with van der Waals surface area (Å²) < 4.78 is 6.00. The van der Waals surface area contributed by atoms with E-state index in [4.69, 9.17) is 4.74 Å². The first-order valence-electron chi connectivity index (χ1n) is 10.2. The average Bonchev–Trinajstić information content (AvgIpc) is 3.00. The van der Waals surface area contributed by atoms with E-state index < -0.39 is 0 Å². The van der Waals surface area contributed by atoms with Gasteiger partial charge < -0.3 is 14.7 Å². The van der Waals surface area contributed by atoms with Gasteiger partial charge in [-0.3, -0.25) is 9.69 Å². The molecule has 1 saturated heterocycles. The Labute approximate surface area is 172 Å². The quantitative estimate of drug-likeness (QED) is 0.786. The maximum atomic E-state index is 12.9. The van der Waals surface area contributed by atoms with Crippen LogP contribution < -0.4 is 9.64 Å². The molecule has 0 saturated carbocycles. The highest BCUT2D eigenvalue weighted by atomic mass is 16.5. The number of anilines is 1. The largest absolute Gasteiger partial charge is 0.507 e. The molecule has 2 aromatic rings. The van der Waals surface area contributed by atoms with Crippen LogP contribution in [0.5, 0.6) is 11.5 Å². The van der Waals surface area contributed by atoms with Gasteiger partial charge in [0.1, 0.15) is 11.5 Å². The highest BCUT2D eigenvalue weighted by molar-refractivity contribution is 6.15. The Hall–Kier alpha value is -2.79. The number of piperidine rings is 1. The minimum atomic E-state index is -0.134. The molecule has 0 aliphatic carbocycles. The molecule has 1 atom stereocenters. The van der Waals surface area contributed by atoms with E-state index in [1.54, 1.807) is 18.2 Å². The Morgan fingerprint density at radius 2 is 1.97 bits per heavy atom. The number of ether oxygens (including phenoxy) is 1. The van der Waals surface area contributed by atoms with Gasteiger partial charge in [-0.2, -0.15) is 0 Å². The second kappa shape index (κ2) is 7.91. The molecule has 2 heterocycles. The fourth-order valence-corrected chi connectivity index (χ4v) is 4.12. The molecule has 1 unspecified atom stereocenters. The van der Waals surface area contributed by atoms with Crippen LogP contribution >= 0.6 is 0 Å². The summed E-state index contributed by atoms with van der Waals surface area (Å²) in [4.78, 5) is 17.2. The van der Waals surface area contributed by atoms with Crippen molar-refractivity contribution in [2.45, 2.75) is 26.3 Å². The van der Waals surface area contributed by atoms with E-state index in [2.05, 4.69) is 11.8 Å². The number of likely N-dealkylation sites (tertiary alicyclic amines) is 1. The second-order valence-electron chi connectivity index (χ2n) is 8.35. The number of hydrogen-bond donors (Lipinski definition) is 1. The average molecular weight is 392 g/mol. The molecular formula is C24H28N2O3. The van der Waals surface area contributed by atoms with E-state index in [-0.39, 0.29) is 11.5 Å². The topological polar surface area (TPSA) is 53.0 Å². The van der Waals surface area contributed by atoms with Crippen molar-refractivity contribution >= 4 is 17.5 Å². The van der Waals surface area contributed by atoms with Crippen LogP contribution in [0, 0.1) is 5.92 Å². The molecule has 5 nitrogen and oxygen atoms in total. The van der Waals surface area contributed by atoms with E-state index in [0.29, 0.717) is 35.1 Å². The minimum absolute atomic E-state index is 0.134. The first kappa shape index (κ1) is 19.5. The van der Waals surface area contributed by atoms with Crippen LogP contribution in [0.25, 0.3) is 6.08 Å². The third kappa shape index (κ3) is 4.01. The number of nitrogens with zero attached hydrogens (tertiary/aromatic N) is 2. The number of allylic oxidation sites excluding steroid dienone is 1. The molecule has 5 heteroatoms. The van der Waals surface area contributed by atoms with Gasteiger partial charge in [0, 0.05) is 32.9 Å². The molecule has 2 aliphatic heterocycles. The zero-order chi connectivity index (χ0) is 20.5. The molecule has 2 aliphatic rings. The Morgan fingerprint density at radius 3 is 2.66 bits per heavy atom. The van der Waals surface area contributed by atoms with E-state index in [9.17, 15) is 9.90 Å². The Kier molecular flexibility index (Phi) is 5.33. The highest BCUT2D eigenvalue weighted by Gasteiger charge is 2.32. The molecule has 1 fully saturated rings. The maximum Gasteiger partial charge on any atom is 0.231 e. The molecule has 0 bridgehead atoms. The lowest BCUT2D eigenvalue weighted by Crippen LogP contribution is -2.33. The second-order valence-corrected chi connectivity index (χ2v) is 8.35. The lowest BCUT2D eigenvalue weighted by molar-refractivity contribution is 0.101. The number of phenolic OH excluding ortho intramolecular Hbond substituents is 1. The fourth-order valence-electron chi connectivity index (χ4n) is 4.12. The van der Waals surface area contributed by atoms with E-state index in [1.165, 1.54) is 6.42 Å². The third-order valence-electron chi connectivity index (χ3n) is 5.75. The first-order valence-corrected chi connectivity index (χ1v) is 10.2. The normalized spacial score (nSPS) is 20.6. The van der Waals surface area contributed by atoms with Crippen LogP contribution in [0.2, 0.25) is 0 Å². The maximum absolute atomic E-state index is 12.9. The summed E-state index contributed by atoms with van der Waals surface area (Å²) in [7, 11) is 3.98. The molecular weight excluding hydrogens is 364 g/mol. The van der Waals surface area contributed by atoms with E-state index in [1.807, 2.05) is 43.3 Å². The molecule has 0 aromatic heterocycles. The van der Waals surface area contributed by atoms with Crippen molar-refractivity contribution in [3.8, 4) is 11.5 Å². The number of rotatable bonds is 4. The van der Waals surface area contributed by atoms with E-state index in [0.717, 1.165) is 30.8 Å². The zero-order valence-electron chi connectivity index (χ0n) is 17.3. The molecule has 0 radical (unpaired) electrons. The lowest BCUT2D eigenvalue weighted by Gasteiger charge is -2.31. The summed E-state index contributed by atoms with van der Waals surface area (Å²) >= 11 is 0. The zero-order valence-corrected chi connectivity index (χ0v) is 17.3. The number of Topliss-reactive ketones (excluding diaryl/α,β-unsaturated/α-hetero) is 1. The van der Waals surface area contributed by atoms with Crippen molar-refractivity contribution in [2.24, 2.45) is 5.92 Å². The Balaban J connectivity index is 1.60. The van der Waals surface area contributed by atoms with Gasteiger partial charge in [0.2, 0.25) is 5.78 Å². The van der Waals surface area contributed by atoms with Crippen molar-refractivity contribution in [1.82, 2.24) is 4.90 Å². The van der Waals surface area contributed by atoms with Gasteiger partial charge in [0.25, 0.3) is 0 Å². The Bertz CT molecular complexity index is 947. The monoisotopic (exact) mass is 392 g/mol. The number of phenols is 1. The molecule has 29 heavy (non-hydrogen) atoms. The number of hydrogen-bond acceptors (Lipinski definition) is 5. The van der Waals surface area contributed by atoms with Crippen molar-refractivity contribution in [3.05, 3.63) is 58.8 Å². The number of ketones is 1. The summed E-state index contributed by atoms with van der Waals surface area (Å²) in [6.07, 6.45) is 4.17. The van der Waals surface area contributed by atoms with Gasteiger partial charge >= 0.3 is 0 Å². The van der Waals surface area contributed by atoms with Crippen LogP contribution in [0.1, 0.15) is 41.3 Å². The van der Waals surface area contributed by atoms with Crippen LogP contribution in [0.3, 0.4) is 0 Å². The predicted molar refractivity (Wildman–Crippen MR) is 115 cm³/mol. The molecule has 152 valence electrons. The summed E-state index contributed by atoms with van der Waals surface area (Å²) in [5, 5.41) is 10.5. The number of aromatic hydroxyl groups is 1. The minimum Gasteiger partial charge on any atom is -0.507 e. The van der Waals surface area contributed by atoms with E-state index >= 15 is 0 Å². The molecule has 1 N–H and O–H groups in total. The summed E-state index contributed by atoms with van der Waals surface area (Å²) in [6, 6.07) is 11.2. The third-order valence-corrected chi connectivity index (χ3v) is 5.75. The van der Waals surface area contributed by atoms with Gasteiger partial charge in [0.15, 0.2) is 5.76 Å². The number of benzene rings is 2. The van der Waals surface area contributed by atoms with Crippen LogP contribution in [-0.2, 0) is 6.54 Å². The molecule has 0 amide bonds. The number of carbonyl (C=O) groups excluding carboxylic acids is 1. The number of fused-ring (bicyclic) bond motifs is 1. The first-order chi connectivity index (χ1) is 13.9. The van der Waals surface area contributed by atoms with Gasteiger partial charge in [0.05, 0.1) is 11.1 Å². The lowest BCUT2D eigenvalue weighted by atomic mass is 9.99. The van der Waals surface area contributed by atoms with Crippen molar-refractivity contribution < 1.29 is 14.6 Å². The Morgan fingerprint density at radius 1 is 1.21 bits per heavy atom. The fraction of sp³-hybridized carbons (Fsp3) is 0.375. The highest BCUT2D eigenvalue weighted by Crippen LogP contribution is 2.40. The predicted octanol–water partition coefficient (Wildman–Crippen LogP) is 4.31. The van der Waals surface area contributed by atoms with Crippen LogP contribution in [-0.4, -0.2) is 43.0 Å². The van der Waals surface area contributed by atoms with Gasteiger partial charge in [-0.1, -0.05) is 19.1 Å². The standard InChI is InChI=1S/C24H28N2O3/c1-16-5-4-12-26(14-16)15-20-21(27)11-10-19-23(28)22(29-24(19)20)13-17-6-8-18(9-7-17)25(2)3/h6-11,13,16,27H,4-5,12,14-15H2,1-3H3/b22-13+. The molecule has 2 aromatic carbocycles. The van der Waals surface area contributed by atoms with Gasteiger partial charge in [-0.05, 0) is 61.2 Å². The van der Waals surface area contributed by atoms with Crippen LogP contribution in [0.15, 0.2) is 42.2 Å². The van der Waals surface area contributed by atoms with Crippen LogP contribution in [0.4, 0.5) is 5.69 Å².